The Kier molecular flexibility index (Phi) is 5.63. The molecule has 4 nitrogen and oxygen atoms in total. The molecule has 0 bridgehead atoms. The van der Waals surface area contributed by atoms with Crippen LogP contribution in [-0.2, 0) is 0 Å². The van der Waals surface area contributed by atoms with Crippen molar-refractivity contribution in [2.75, 3.05) is 13.2 Å². The lowest BCUT2D eigenvalue weighted by molar-refractivity contribution is 0.287. The zero-order chi connectivity index (χ0) is 13.5. The molecule has 5 heteroatoms. The molecule has 1 aliphatic heterocycles. The maximum atomic E-state index is 5.80. The Morgan fingerprint density at radius 1 is 1.42 bits per heavy atom. The van der Waals surface area contributed by atoms with E-state index in [0.29, 0.717) is 5.92 Å². The fourth-order valence-corrected chi connectivity index (χ4v) is 2.75. The first-order valence-electron chi connectivity index (χ1n) is 7.11. The number of nitrogens with zero attached hydrogens (tertiary/aromatic N) is 2. The smallest absolute Gasteiger partial charge is 0.249 e. The van der Waals surface area contributed by atoms with E-state index in [2.05, 4.69) is 34.0 Å². The summed E-state index contributed by atoms with van der Waals surface area (Å²) < 4.78 is 14.5. The van der Waals surface area contributed by atoms with Gasteiger partial charge in [-0.1, -0.05) is 26.3 Å². The summed E-state index contributed by atoms with van der Waals surface area (Å²) in [5.74, 6) is 1.92. The van der Waals surface area contributed by atoms with Gasteiger partial charge in [0.25, 0.3) is 0 Å². The number of rotatable bonds is 7. The largest absolute Gasteiger partial charge is 0.476 e. The van der Waals surface area contributed by atoms with Crippen molar-refractivity contribution < 1.29 is 4.74 Å². The highest BCUT2D eigenvalue weighted by Gasteiger charge is 2.21. The molecule has 0 amide bonds. The van der Waals surface area contributed by atoms with E-state index in [9.17, 15) is 0 Å². The van der Waals surface area contributed by atoms with Gasteiger partial charge in [0.05, 0.1) is 18.3 Å². The molecule has 0 saturated carbocycles. The van der Waals surface area contributed by atoms with Crippen LogP contribution in [0.3, 0.4) is 0 Å². The molecule has 0 radical (unpaired) electrons. The van der Waals surface area contributed by atoms with Crippen molar-refractivity contribution in [2.45, 2.75) is 45.4 Å². The average Bonchev–Trinajstić information content (AvgIpc) is 2.87. The maximum Gasteiger partial charge on any atom is 0.249 e. The Morgan fingerprint density at radius 3 is 3.05 bits per heavy atom. The normalized spacial score (nSPS) is 18.6. The van der Waals surface area contributed by atoms with Crippen LogP contribution in [0.2, 0.25) is 0 Å². The van der Waals surface area contributed by atoms with Gasteiger partial charge in [-0.3, -0.25) is 0 Å². The Bertz CT molecular complexity index is 403. The molecule has 1 aromatic rings. The van der Waals surface area contributed by atoms with Crippen molar-refractivity contribution in [3.63, 3.8) is 0 Å². The highest BCUT2D eigenvalue weighted by Crippen LogP contribution is 2.28. The summed E-state index contributed by atoms with van der Waals surface area (Å²) in [6.45, 7) is 6.19. The predicted molar refractivity (Wildman–Crippen MR) is 78.6 cm³/mol. The number of nitrogens with one attached hydrogen (secondary N) is 1. The molecule has 2 heterocycles. The standard InChI is InChI=1S/C14H23N3OS/c1-11(2)6-3-4-9-18-14-13(16-19-17-14)12-7-5-8-15-10-12/h5,8,11-12,15H,3-4,6-7,9-10H2,1-2H3. The average molecular weight is 281 g/mol. The zero-order valence-corrected chi connectivity index (χ0v) is 12.6. The van der Waals surface area contributed by atoms with Gasteiger partial charge in [-0.05, 0) is 31.4 Å². The van der Waals surface area contributed by atoms with E-state index in [4.69, 9.17) is 4.74 Å². The minimum Gasteiger partial charge on any atom is -0.476 e. The highest BCUT2D eigenvalue weighted by molar-refractivity contribution is 6.99. The maximum absolute atomic E-state index is 5.80. The molecular formula is C14H23N3OS. The van der Waals surface area contributed by atoms with E-state index in [1.54, 1.807) is 0 Å². The molecular weight excluding hydrogens is 258 g/mol. The second kappa shape index (κ2) is 7.48. The molecule has 0 aromatic carbocycles. The molecule has 1 aliphatic rings. The van der Waals surface area contributed by atoms with Crippen LogP contribution < -0.4 is 10.1 Å². The Morgan fingerprint density at radius 2 is 2.32 bits per heavy atom. The summed E-state index contributed by atoms with van der Waals surface area (Å²) in [5.41, 5.74) is 1.02. The number of hydrogen-bond donors (Lipinski definition) is 1. The van der Waals surface area contributed by atoms with Crippen molar-refractivity contribution in [1.82, 2.24) is 14.1 Å². The number of aromatic nitrogens is 2. The second-order valence-corrected chi connectivity index (χ2v) is 5.96. The van der Waals surface area contributed by atoms with Gasteiger partial charge in [0.15, 0.2) is 0 Å². The summed E-state index contributed by atoms with van der Waals surface area (Å²) in [4.78, 5) is 0. The first-order chi connectivity index (χ1) is 9.27. The van der Waals surface area contributed by atoms with Crippen LogP contribution >= 0.6 is 11.7 Å². The highest BCUT2D eigenvalue weighted by atomic mass is 32.1. The lowest BCUT2D eigenvalue weighted by Gasteiger charge is -2.17. The van der Waals surface area contributed by atoms with Crippen LogP contribution in [0.15, 0.2) is 12.3 Å². The Balaban J connectivity index is 1.77. The van der Waals surface area contributed by atoms with E-state index in [-0.39, 0.29) is 0 Å². The quantitative estimate of drug-likeness (QED) is 0.779. The fraction of sp³-hybridized carbons (Fsp3) is 0.714. The third-order valence-corrected chi connectivity index (χ3v) is 3.83. The van der Waals surface area contributed by atoms with Crippen LogP contribution in [0, 0.1) is 5.92 Å². The molecule has 2 rings (SSSR count). The molecule has 1 atom stereocenters. The van der Waals surface area contributed by atoms with E-state index in [1.165, 1.54) is 24.6 Å². The molecule has 19 heavy (non-hydrogen) atoms. The van der Waals surface area contributed by atoms with Crippen molar-refractivity contribution >= 4 is 11.7 Å². The summed E-state index contributed by atoms with van der Waals surface area (Å²) in [7, 11) is 0. The first-order valence-corrected chi connectivity index (χ1v) is 7.84. The van der Waals surface area contributed by atoms with Crippen LogP contribution in [0.4, 0.5) is 0 Å². The monoisotopic (exact) mass is 281 g/mol. The topological polar surface area (TPSA) is 47.0 Å². The summed E-state index contributed by atoms with van der Waals surface area (Å²) in [5, 5.41) is 3.24. The fourth-order valence-electron chi connectivity index (χ4n) is 2.18. The predicted octanol–water partition coefficient (Wildman–Crippen LogP) is 3.33. The van der Waals surface area contributed by atoms with Crippen molar-refractivity contribution in [3.8, 4) is 5.88 Å². The molecule has 0 saturated heterocycles. The van der Waals surface area contributed by atoms with E-state index < -0.39 is 0 Å². The first kappa shape index (κ1) is 14.3. The number of unbranched alkanes of at least 4 members (excludes halogenated alkanes) is 1. The third-order valence-electron chi connectivity index (χ3n) is 3.30. The number of ether oxygens (including phenoxy) is 1. The van der Waals surface area contributed by atoms with E-state index in [0.717, 1.165) is 43.5 Å². The molecule has 1 unspecified atom stereocenters. The third kappa shape index (κ3) is 4.49. The van der Waals surface area contributed by atoms with Crippen molar-refractivity contribution in [3.05, 3.63) is 18.0 Å². The number of hydrogen-bond acceptors (Lipinski definition) is 5. The van der Waals surface area contributed by atoms with Gasteiger partial charge in [0.2, 0.25) is 5.88 Å². The van der Waals surface area contributed by atoms with E-state index >= 15 is 0 Å². The number of allylic oxidation sites excluding steroid dienone is 1. The SMILES string of the molecule is CC(C)CCCCOc1nsnc1C1CC=CNC1. The van der Waals surface area contributed by atoms with Crippen molar-refractivity contribution in [1.29, 1.82) is 0 Å². The Hall–Kier alpha value is -1.10. The van der Waals surface area contributed by atoms with Gasteiger partial charge in [-0.25, -0.2) is 0 Å². The molecule has 0 aliphatic carbocycles. The van der Waals surface area contributed by atoms with Crippen LogP contribution in [-0.4, -0.2) is 21.9 Å². The van der Waals surface area contributed by atoms with Gasteiger partial charge in [0.1, 0.15) is 5.69 Å². The van der Waals surface area contributed by atoms with Gasteiger partial charge in [-0.15, -0.1) is 4.37 Å². The summed E-state index contributed by atoms with van der Waals surface area (Å²) >= 11 is 1.25. The zero-order valence-electron chi connectivity index (χ0n) is 11.8. The van der Waals surface area contributed by atoms with Gasteiger partial charge < -0.3 is 10.1 Å². The molecule has 106 valence electrons. The molecule has 0 spiro atoms. The van der Waals surface area contributed by atoms with Crippen molar-refractivity contribution in [2.24, 2.45) is 5.92 Å². The molecule has 1 N–H and O–H groups in total. The van der Waals surface area contributed by atoms with E-state index in [1.807, 2.05) is 6.20 Å². The van der Waals surface area contributed by atoms with Gasteiger partial charge in [-0.2, -0.15) is 4.37 Å². The van der Waals surface area contributed by atoms with Crippen LogP contribution in [0.1, 0.15) is 51.1 Å². The minimum atomic E-state index is 0.398. The lowest BCUT2D eigenvalue weighted by atomic mass is 10.00. The van der Waals surface area contributed by atoms with Crippen LogP contribution in [0.25, 0.3) is 0 Å². The summed E-state index contributed by atoms with van der Waals surface area (Å²) in [6, 6.07) is 0. The minimum absolute atomic E-state index is 0.398. The second-order valence-electron chi connectivity index (χ2n) is 5.44. The molecule has 0 fully saturated rings. The lowest BCUT2D eigenvalue weighted by Crippen LogP contribution is -2.20. The van der Waals surface area contributed by atoms with Gasteiger partial charge >= 0.3 is 0 Å². The van der Waals surface area contributed by atoms with Crippen LogP contribution in [0.5, 0.6) is 5.88 Å². The van der Waals surface area contributed by atoms with Gasteiger partial charge in [0, 0.05) is 12.5 Å². The molecule has 1 aromatic heterocycles. The Labute approximate surface area is 119 Å². The summed E-state index contributed by atoms with van der Waals surface area (Å²) in [6.07, 6.45) is 8.74.